The molecular formula is C13H8N2O3. The average Bonchev–Trinajstić information content (AvgIpc) is 2.36. The van der Waals surface area contributed by atoms with Gasteiger partial charge in [0.25, 0.3) is 0 Å². The summed E-state index contributed by atoms with van der Waals surface area (Å²) in [5.74, 6) is -1.89. The maximum absolute atomic E-state index is 11.3. The van der Waals surface area contributed by atoms with E-state index in [2.05, 4.69) is 0 Å². The zero-order chi connectivity index (χ0) is 13.3. The Morgan fingerprint density at radius 3 is 2.44 bits per heavy atom. The Morgan fingerprint density at radius 2 is 1.89 bits per heavy atom. The van der Waals surface area contributed by atoms with Gasteiger partial charge < -0.3 is 10.8 Å². The van der Waals surface area contributed by atoms with Crippen LogP contribution in [0.5, 0.6) is 0 Å². The summed E-state index contributed by atoms with van der Waals surface area (Å²) in [4.78, 5) is 22.5. The Bertz CT molecular complexity index is 694. The van der Waals surface area contributed by atoms with Gasteiger partial charge in [0.05, 0.1) is 17.2 Å². The highest BCUT2D eigenvalue weighted by molar-refractivity contribution is 6.15. The molecule has 0 aromatic heterocycles. The van der Waals surface area contributed by atoms with Gasteiger partial charge in [0, 0.05) is 16.3 Å². The van der Waals surface area contributed by atoms with E-state index in [4.69, 9.17) is 16.1 Å². The van der Waals surface area contributed by atoms with Gasteiger partial charge >= 0.3 is 5.97 Å². The van der Waals surface area contributed by atoms with Crippen LogP contribution in [0.2, 0.25) is 0 Å². The summed E-state index contributed by atoms with van der Waals surface area (Å²) in [7, 11) is 0. The highest BCUT2D eigenvalue weighted by Crippen LogP contribution is 2.26. The molecule has 5 nitrogen and oxygen atoms in total. The maximum atomic E-state index is 11.3. The molecule has 0 fully saturated rings. The lowest BCUT2D eigenvalue weighted by Crippen LogP contribution is -2.13. The topological polar surface area (TPSA) is 104 Å². The van der Waals surface area contributed by atoms with Crippen LogP contribution in [0.4, 0.5) is 0 Å². The number of nitrogens with two attached hydrogens (primary N) is 1. The summed E-state index contributed by atoms with van der Waals surface area (Å²) in [6, 6.07) is 9.27. The summed E-state index contributed by atoms with van der Waals surface area (Å²) in [6.07, 6.45) is 0. The minimum atomic E-state index is -1.17. The van der Waals surface area contributed by atoms with Crippen LogP contribution in [-0.4, -0.2) is 17.0 Å². The van der Waals surface area contributed by atoms with Crippen LogP contribution in [0.1, 0.15) is 26.3 Å². The van der Waals surface area contributed by atoms with Crippen molar-refractivity contribution in [2.45, 2.75) is 0 Å². The van der Waals surface area contributed by atoms with Crippen LogP contribution < -0.4 is 5.73 Å². The van der Waals surface area contributed by atoms with Crippen molar-refractivity contribution in [1.29, 1.82) is 5.26 Å². The first-order valence-corrected chi connectivity index (χ1v) is 5.05. The van der Waals surface area contributed by atoms with Gasteiger partial charge in [-0.25, -0.2) is 4.79 Å². The number of carbonyl (C=O) groups excluding carboxylic acids is 1. The van der Waals surface area contributed by atoms with Crippen LogP contribution >= 0.6 is 0 Å². The van der Waals surface area contributed by atoms with Gasteiger partial charge in [0.15, 0.2) is 0 Å². The molecule has 3 N–H and O–H groups in total. The summed E-state index contributed by atoms with van der Waals surface area (Å²) in [5.41, 5.74) is 5.59. The molecule has 88 valence electrons. The first-order valence-electron chi connectivity index (χ1n) is 5.05. The van der Waals surface area contributed by atoms with Crippen molar-refractivity contribution in [3.8, 4) is 6.07 Å². The second kappa shape index (κ2) is 4.18. The van der Waals surface area contributed by atoms with Gasteiger partial charge in [0.2, 0.25) is 5.91 Å². The van der Waals surface area contributed by atoms with Gasteiger partial charge in [-0.05, 0) is 18.2 Å². The number of benzene rings is 2. The molecule has 0 aliphatic heterocycles. The second-order valence-electron chi connectivity index (χ2n) is 3.67. The number of fused-ring (bicyclic) bond motifs is 1. The number of carboxylic acids is 1. The number of carboxylic acid groups (broad SMARTS) is 1. The fourth-order valence-corrected chi connectivity index (χ4v) is 1.89. The Hall–Kier alpha value is -2.87. The number of nitriles is 1. The van der Waals surface area contributed by atoms with Crippen molar-refractivity contribution in [3.63, 3.8) is 0 Å². The van der Waals surface area contributed by atoms with E-state index in [1.165, 1.54) is 24.3 Å². The van der Waals surface area contributed by atoms with E-state index in [9.17, 15) is 9.59 Å². The second-order valence-corrected chi connectivity index (χ2v) is 3.67. The Kier molecular flexibility index (Phi) is 2.70. The minimum absolute atomic E-state index is 0.0431. The molecule has 0 saturated heterocycles. The monoisotopic (exact) mass is 240 g/mol. The lowest BCUT2D eigenvalue weighted by atomic mass is 9.95. The SMILES string of the molecule is N#Cc1ccc(C(N)=O)c2c(C(=O)O)cccc12. The molecule has 2 rings (SSSR count). The number of amides is 1. The normalized spacial score (nSPS) is 9.94. The predicted octanol–water partition coefficient (Wildman–Crippen LogP) is 1.51. The number of rotatable bonds is 2. The van der Waals surface area contributed by atoms with Gasteiger partial charge in [-0.1, -0.05) is 12.1 Å². The van der Waals surface area contributed by atoms with E-state index >= 15 is 0 Å². The average molecular weight is 240 g/mol. The number of nitrogens with zero attached hydrogens (tertiary/aromatic N) is 1. The maximum Gasteiger partial charge on any atom is 0.336 e. The first kappa shape index (κ1) is 11.6. The predicted molar refractivity (Wildman–Crippen MR) is 64.1 cm³/mol. The zero-order valence-corrected chi connectivity index (χ0v) is 9.18. The Morgan fingerprint density at radius 1 is 1.17 bits per heavy atom. The molecule has 18 heavy (non-hydrogen) atoms. The molecule has 0 aliphatic carbocycles. The van der Waals surface area contributed by atoms with Crippen molar-refractivity contribution in [1.82, 2.24) is 0 Å². The number of hydrogen-bond donors (Lipinski definition) is 2. The molecule has 0 heterocycles. The van der Waals surface area contributed by atoms with Crippen molar-refractivity contribution < 1.29 is 14.7 Å². The lowest BCUT2D eigenvalue weighted by molar-refractivity contribution is 0.0699. The van der Waals surface area contributed by atoms with Gasteiger partial charge in [-0.3, -0.25) is 4.79 Å². The third kappa shape index (κ3) is 1.66. The number of primary amides is 1. The largest absolute Gasteiger partial charge is 0.478 e. The molecule has 0 unspecified atom stereocenters. The highest BCUT2D eigenvalue weighted by atomic mass is 16.4. The number of aromatic carboxylic acids is 1. The molecule has 0 radical (unpaired) electrons. The number of hydrogen-bond acceptors (Lipinski definition) is 3. The van der Waals surface area contributed by atoms with Crippen molar-refractivity contribution in [2.24, 2.45) is 5.73 Å². The summed E-state index contributed by atoms with van der Waals surface area (Å²) >= 11 is 0. The summed E-state index contributed by atoms with van der Waals surface area (Å²) in [6.45, 7) is 0. The van der Waals surface area contributed by atoms with Crippen LogP contribution in [0.15, 0.2) is 30.3 Å². The Labute approximate surface area is 102 Å². The lowest BCUT2D eigenvalue weighted by Gasteiger charge is -2.08. The van der Waals surface area contributed by atoms with Gasteiger partial charge in [-0.2, -0.15) is 5.26 Å². The van der Waals surface area contributed by atoms with E-state index in [0.717, 1.165) is 0 Å². The van der Waals surface area contributed by atoms with Crippen LogP contribution in [-0.2, 0) is 0 Å². The van der Waals surface area contributed by atoms with E-state index in [1.54, 1.807) is 6.07 Å². The fraction of sp³-hybridized carbons (Fsp3) is 0. The highest BCUT2D eigenvalue weighted by Gasteiger charge is 2.16. The fourth-order valence-electron chi connectivity index (χ4n) is 1.89. The molecule has 5 heteroatoms. The Balaban J connectivity index is 3.02. The number of carbonyl (C=O) groups is 2. The van der Waals surface area contributed by atoms with Crippen molar-refractivity contribution in [2.75, 3.05) is 0 Å². The molecule has 0 aliphatic rings. The van der Waals surface area contributed by atoms with E-state index < -0.39 is 11.9 Å². The molecule has 0 spiro atoms. The smallest absolute Gasteiger partial charge is 0.336 e. The molecule has 0 atom stereocenters. The third-order valence-electron chi connectivity index (χ3n) is 2.66. The van der Waals surface area contributed by atoms with Crippen molar-refractivity contribution in [3.05, 3.63) is 47.0 Å². The quantitative estimate of drug-likeness (QED) is 0.829. The molecule has 0 bridgehead atoms. The van der Waals surface area contributed by atoms with Gasteiger partial charge in [0.1, 0.15) is 0 Å². The summed E-state index contributed by atoms with van der Waals surface area (Å²) < 4.78 is 0. The molecule has 1 amide bonds. The van der Waals surface area contributed by atoms with E-state index in [1.807, 2.05) is 6.07 Å². The minimum Gasteiger partial charge on any atom is -0.478 e. The molecule has 2 aromatic rings. The summed E-state index contributed by atoms with van der Waals surface area (Å²) in [5, 5.41) is 18.7. The zero-order valence-electron chi connectivity index (χ0n) is 9.18. The molecular weight excluding hydrogens is 232 g/mol. The standard InChI is InChI=1S/C13H8N2O3/c14-6-7-4-5-9(12(15)16)11-8(7)2-1-3-10(11)13(17)18/h1-5H,(H2,15,16)(H,17,18). The van der Waals surface area contributed by atoms with Crippen LogP contribution in [0, 0.1) is 11.3 Å². The van der Waals surface area contributed by atoms with Crippen LogP contribution in [0.25, 0.3) is 10.8 Å². The van der Waals surface area contributed by atoms with E-state index in [0.29, 0.717) is 10.9 Å². The first-order chi connectivity index (χ1) is 8.56. The third-order valence-corrected chi connectivity index (χ3v) is 2.66. The van der Waals surface area contributed by atoms with Crippen LogP contribution in [0.3, 0.4) is 0 Å². The molecule has 0 saturated carbocycles. The van der Waals surface area contributed by atoms with Crippen molar-refractivity contribution >= 4 is 22.6 Å². The molecule has 2 aromatic carbocycles. The van der Waals surface area contributed by atoms with E-state index in [-0.39, 0.29) is 16.5 Å². The van der Waals surface area contributed by atoms with Gasteiger partial charge in [-0.15, -0.1) is 0 Å².